The standard InChI is InChI=1S/C32H60N5O5/c1-19(2)13-24(18-38)36(11)32(42)27(16-22(7)8)35-29(39)26(15-21(5)6)34-30(40)28(17-23(9)10)37(12)31(41)25(33)14-20(3)4/h19-28H,13-17,33H2,1-12H3,(H,34,40)(H,35,39)/t24-,25-,26-,27-,28-/m0/s1. The van der Waals surface area contributed by atoms with E-state index in [0.29, 0.717) is 32.1 Å². The zero-order valence-electron chi connectivity index (χ0n) is 28.3. The Labute approximate surface area is 255 Å². The number of nitrogens with two attached hydrogens (primary N) is 1. The van der Waals surface area contributed by atoms with Crippen molar-refractivity contribution in [1.29, 1.82) is 0 Å². The Morgan fingerprint density at radius 3 is 1.45 bits per heavy atom. The number of likely N-dealkylation sites (N-methyl/N-ethyl adjacent to an activating group) is 2. The zero-order valence-corrected chi connectivity index (χ0v) is 28.3. The van der Waals surface area contributed by atoms with Crippen LogP contribution in [-0.4, -0.2) is 84.0 Å². The molecule has 243 valence electrons. The molecule has 10 heteroatoms. The summed E-state index contributed by atoms with van der Waals surface area (Å²) in [5.74, 6) is -0.955. The molecular weight excluding hydrogens is 534 g/mol. The van der Waals surface area contributed by atoms with Crippen molar-refractivity contribution in [2.45, 2.75) is 132 Å². The molecule has 0 aliphatic heterocycles. The van der Waals surface area contributed by atoms with Crippen LogP contribution in [-0.2, 0) is 24.0 Å². The zero-order chi connectivity index (χ0) is 32.9. The van der Waals surface area contributed by atoms with Crippen molar-refractivity contribution in [3.8, 4) is 0 Å². The van der Waals surface area contributed by atoms with Gasteiger partial charge in [-0.3, -0.25) is 24.0 Å². The van der Waals surface area contributed by atoms with Gasteiger partial charge in [-0.15, -0.1) is 0 Å². The number of hydrogen-bond donors (Lipinski definition) is 3. The van der Waals surface area contributed by atoms with Crippen LogP contribution in [0.5, 0.6) is 0 Å². The first-order valence-corrected chi connectivity index (χ1v) is 15.6. The monoisotopic (exact) mass is 594 g/mol. The van der Waals surface area contributed by atoms with Crippen molar-refractivity contribution in [1.82, 2.24) is 20.4 Å². The minimum atomic E-state index is -0.920. The van der Waals surface area contributed by atoms with Crippen molar-refractivity contribution in [2.75, 3.05) is 14.1 Å². The van der Waals surface area contributed by atoms with E-state index in [-0.39, 0.29) is 41.4 Å². The third-order valence-electron chi connectivity index (χ3n) is 7.16. The molecule has 0 unspecified atom stereocenters. The van der Waals surface area contributed by atoms with Gasteiger partial charge in [0.15, 0.2) is 0 Å². The van der Waals surface area contributed by atoms with Crippen LogP contribution in [0.2, 0.25) is 0 Å². The number of carbonyl (C=O) groups is 4. The summed E-state index contributed by atoms with van der Waals surface area (Å²) in [6.45, 7) is 19.6. The summed E-state index contributed by atoms with van der Waals surface area (Å²) < 4.78 is 0. The van der Waals surface area contributed by atoms with E-state index in [1.54, 1.807) is 14.1 Å². The van der Waals surface area contributed by atoms with E-state index in [4.69, 9.17) is 5.73 Å². The Morgan fingerprint density at radius 2 is 1.02 bits per heavy atom. The second-order valence-electron chi connectivity index (χ2n) is 13.9. The summed E-state index contributed by atoms with van der Waals surface area (Å²) in [7, 11) is 3.14. The molecule has 0 saturated carbocycles. The second-order valence-corrected chi connectivity index (χ2v) is 13.9. The van der Waals surface area contributed by atoms with E-state index < -0.39 is 42.0 Å². The lowest BCUT2D eigenvalue weighted by Crippen LogP contribution is -2.59. The summed E-state index contributed by atoms with van der Waals surface area (Å²) in [5.41, 5.74) is 6.16. The van der Waals surface area contributed by atoms with Crippen molar-refractivity contribution in [2.24, 2.45) is 35.3 Å². The van der Waals surface area contributed by atoms with Crippen LogP contribution in [0, 0.1) is 29.6 Å². The number of carbonyl (C=O) groups excluding carboxylic acids is 5. The van der Waals surface area contributed by atoms with E-state index in [2.05, 4.69) is 10.6 Å². The van der Waals surface area contributed by atoms with E-state index in [0.717, 1.165) is 0 Å². The predicted octanol–water partition coefficient (Wildman–Crippen LogP) is 3.28. The van der Waals surface area contributed by atoms with E-state index >= 15 is 0 Å². The lowest BCUT2D eigenvalue weighted by Gasteiger charge is -2.33. The number of nitrogens with zero attached hydrogens (tertiary/aromatic N) is 2. The molecule has 4 amide bonds. The number of hydrogen-bond acceptors (Lipinski definition) is 6. The highest BCUT2D eigenvalue weighted by Gasteiger charge is 2.35. The summed E-state index contributed by atoms with van der Waals surface area (Å²) in [4.78, 5) is 68.3. The van der Waals surface area contributed by atoms with Gasteiger partial charge in [0.25, 0.3) is 0 Å². The van der Waals surface area contributed by atoms with Gasteiger partial charge in [-0.2, -0.15) is 0 Å². The van der Waals surface area contributed by atoms with Crippen molar-refractivity contribution >= 4 is 29.9 Å². The molecule has 0 aromatic rings. The van der Waals surface area contributed by atoms with Crippen LogP contribution in [0.1, 0.15) is 101 Å². The lowest BCUT2D eigenvalue weighted by atomic mass is 9.97. The Balaban J connectivity index is 6.07. The van der Waals surface area contributed by atoms with Gasteiger partial charge in [0, 0.05) is 14.1 Å². The first-order chi connectivity index (χ1) is 19.3. The fourth-order valence-corrected chi connectivity index (χ4v) is 4.98. The third-order valence-corrected chi connectivity index (χ3v) is 7.16. The molecule has 42 heavy (non-hydrogen) atoms. The summed E-state index contributed by atoms with van der Waals surface area (Å²) in [6, 6.07) is -4.05. The molecule has 10 nitrogen and oxygen atoms in total. The minimum absolute atomic E-state index is 0.0606. The normalized spacial score (nSPS) is 15.4. The molecular formula is C32H60N5O5. The Bertz CT molecular complexity index is 873. The largest absolute Gasteiger partial charge is 0.343 e. The molecule has 5 atom stereocenters. The summed E-state index contributed by atoms with van der Waals surface area (Å²) in [5, 5.41) is 5.75. The van der Waals surface area contributed by atoms with E-state index in [9.17, 15) is 24.0 Å². The highest BCUT2D eigenvalue weighted by molar-refractivity contribution is 5.95. The molecule has 4 N–H and O–H groups in total. The van der Waals surface area contributed by atoms with Crippen LogP contribution >= 0.6 is 0 Å². The first kappa shape index (κ1) is 39.5. The topological polar surface area (TPSA) is 142 Å². The van der Waals surface area contributed by atoms with Gasteiger partial charge in [-0.1, -0.05) is 69.2 Å². The van der Waals surface area contributed by atoms with Crippen LogP contribution in [0.4, 0.5) is 0 Å². The second kappa shape index (κ2) is 18.9. The minimum Gasteiger partial charge on any atom is -0.343 e. The fourth-order valence-electron chi connectivity index (χ4n) is 4.98. The average Bonchev–Trinajstić information content (AvgIpc) is 2.86. The molecule has 0 fully saturated rings. The van der Waals surface area contributed by atoms with Gasteiger partial charge in [0.05, 0.1) is 12.1 Å². The molecule has 0 bridgehead atoms. The molecule has 1 radical (unpaired) electrons. The molecule has 0 rings (SSSR count). The quantitative estimate of drug-likeness (QED) is 0.210. The molecule has 0 aliphatic carbocycles. The van der Waals surface area contributed by atoms with Gasteiger partial charge in [-0.05, 0) is 61.7 Å². The maximum absolute atomic E-state index is 13.7. The van der Waals surface area contributed by atoms with Gasteiger partial charge in [0.1, 0.15) is 18.1 Å². The molecule has 0 aromatic heterocycles. The van der Waals surface area contributed by atoms with Crippen molar-refractivity contribution in [3.63, 3.8) is 0 Å². The predicted molar refractivity (Wildman–Crippen MR) is 168 cm³/mol. The Morgan fingerprint density at radius 1 is 0.595 bits per heavy atom. The first-order valence-electron chi connectivity index (χ1n) is 15.6. The average molecular weight is 595 g/mol. The van der Waals surface area contributed by atoms with Crippen LogP contribution in [0.25, 0.3) is 0 Å². The summed E-state index contributed by atoms with van der Waals surface area (Å²) in [6.07, 6.45) is 4.03. The van der Waals surface area contributed by atoms with E-state index in [1.807, 2.05) is 75.5 Å². The molecule has 0 aromatic carbocycles. The fraction of sp³-hybridized carbons (Fsp3) is 0.844. The number of amides is 4. The summed E-state index contributed by atoms with van der Waals surface area (Å²) >= 11 is 0. The maximum Gasteiger partial charge on any atom is 0.245 e. The van der Waals surface area contributed by atoms with Crippen LogP contribution < -0.4 is 16.4 Å². The van der Waals surface area contributed by atoms with Gasteiger partial charge >= 0.3 is 0 Å². The van der Waals surface area contributed by atoms with E-state index in [1.165, 1.54) is 9.80 Å². The van der Waals surface area contributed by atoms with Gasteiger partial charge in [-0.25, -0.2) is 0 Å². The number of rotatable bonds is 19. The Hall–Kier alpha value is -2.49. The Kier molecular flexibility index (Phi) is 17.8. The van der Waals surface area contributed by atoms with Crippen molar-refractivity contribution in [3.05, 3.63) is 0 Å². The van der Waals surface area contributed by atoms with Gasteiger partial charge in [0.2, 0.25) is 29.9 Å². The third kappa shape index (κ3) is 14.1. The number of nitrogens with one attached hydrogen (secondary N) is 2. The van der Waals surface area contributed by atoms with Crippen LogP contribution in [0.3, 0.4) is 0 Å². The lowest BCUT2D eigenvalue weighted by molar-refractivity contribution is -0.142. The van der Waals surface area contributed by atoms with Crippen LogP contribution in [0.15, 0.2) is 0 Å². The highest BCUT2D eigenvalue weighted by atomic mass is 16.2. The molecule has 0 saturated heterocycles. The van der Waals surface area contributed by atoms with Crippen molar-refractivity contribution < 1.29 is 24.0 Å². The molecule has 0 heterocycles. The molecule has 0 spiro atoms. The molecule has 0 aliphatic rings. The smallest absolute Gasteiger partial charge is 0.245 e. The highest BCUT2D eigenvalue weighted by Crippen LogP contribution is 2.17. The van der Waals surface area contributed by atoms with Gasteiger partial charge < -0.3 is 26.2 Å². The maximum atomic E-state index is 13.7. The SMILES string of the molecule is CC(C)C[C@H](NC(=O)[C@H](CC(C)C)N(C)C(=O)[C@@H](N)CC(C)C)C(=O)N[C@@H](CC(C)C)C(=O)N(C)[C@H]([C]=O)CC(C)C.